The lowest BCUT2D eigenvalue weighted by Crippen LogP contribution is -2.46. The van der Waals surface area contributed by atoms with Crippen LogP contribution in [0.3, 0.4) is 0 Å². The topological polar surface area (TPSA) is 62.8 Å². The number of hydrogen-bond donors (Lipinski definition) is 2. The maximum atomic E-state index is 11.9. The van der Waals surface area contributed by atoms with E-state index in [0.29, 0.717) is 18.0 Å². The molecule has 0 saturated carbocycles. The van der Waals surface area contributed by atoms with Crippen LogP contribution < -0.4 is 20.1 Å². The molecular formula is C18H28ClN3O3. The number of nitrogens with one attached hydrogen (secondary N) is 2. The molecule has 7 heteroatoms. The highest BCUT2D eigenvalue weighted by molar-refractivity contribution is 5.85. The Bertz CT molecular complexity index is 560. The molecule has 1 fully saturated rings. The maximum Gasteiger partial charge on any atom is 0.257 e. The number of ether oxygens (including phenoxy) is 2. The molecule has 0 aromatic heterocycles. The average Bonchev–Trinajstić information content (AvgIpc) is 2.61. The zero-order valence-electron chi connectivity index (χ0n) is 14.9. The minimum atomic E-state index is -0.121. The molecule has 1 aromatic carbocycles. The number of methoxy groups -OCH3 is 1. The molecule has 0 radical (unpaired) electrons. The summed E-state index contributed by atoms with van der Waals surface area (Å²) in [6.45, 7) is 7.54. The van der Waals surface area contributed by atoms with Crippen LogP contribution in [0.4, 0.5) is 0 Å². The summed E-state index contributed by atoms with van der Waals surface area (Å²) in [5.74, 6) is 1.08. The van der Waals surface area contributed by atoms with Gasteiger partial charge in [-0.1, -0.05) is 18.2 Å². The van der Waals surface area contributed by atoms with Gasteiger partial charge in [-0.2, -0.15) is 0 Å². The number of benzene rings is 1. The summed E-state index contributed by atoms with van der Waals surface area (Å²) in [4.78, 5) is 14.2. The SMILES string of the molecule is C/C=C/c1ccc(OCC(=O)NCCN2CCNCC2)c(OC)c1.Cl. The van der Waals surface area contributed by atoms with E-state index in [1.807, 2.05) is 37.3 Å². The number of piperazine rings is 1. The van der Waals surface area contributed by atoms with Crippen LogP contribution in [0.5, 0.6) is 11.5 Å². The van der Waals surface area contributed by atoms with Crippen LogP contribution in [0.25, 0.3) is 6.08 Å². The van der Waals surface area contributed by atoms with Gasteiger partial charge < -0.3 is 20.1 Å². The normalized spacial score (nSPS) is 14.8. The Morgan fingerprint density at radius 1 is 1.32 bits per heavy atom. The van der Waals surface area contributed by atoms with Crippen LogP contribution in [-0.2, 0) is 4.79 Å². The molecule has 0 bridgehead atoms. The number of rotatable bonds is 8. The van der Waals surface area contributed by atoms with E-state index in [2.05, 4.69) is 15.5 Å². The smallest absolute Gasteiger partial charge is 0.257 e. The van der Waals surface area contributed by atoms with Crippen LogP contribution >= 0.6 is 12.4 Å². The minimum Gasteiger partial charge on any atom is -0.493 e. The van der Waals surface area contributed by atoms with Gasteiger partial charge in [-0.05, 0) is 24.6 Å². The monoisotopic (exact) mass is 369 g/mol. The van der Waals surface area contributed by atoms with Crippen molar-refractivity contribution in [2.45, 2.75) is 6.92 Å². The lowest BCUT2D eigenvalue weighted by atomic mass is 10.2. The van der Waals surface area contributed by atoms with E-state index in [9.17, 15) is 4.79 Å². The van der Waals surface area contributed by atoms with E-state index < -0.39 is 0 Å². The number of hydrogen-bond acceptors (Lipinski definition) is 5. The fourth-order valence-corrected chi connectivity index (χ4v) is 2.58. The molecule has 2 rings (SSSR count). The van der Waals surface area contributed by atoms with E-state index in [1.165, 1.54) is 0 Å². The summed E-state index contributed by atoms with van der Waals surface area (Å²) in [5.41, 5.74) is 1.03. The number of carbonyl (C=O) groups excluding carboxylic acids is 1. The third kappa shape index (κ3) is 7.34. The molecule has 25 heavy (non-hydrogen) atoms. The van der Waals surface area contributed by atoms with E-state index in [1.54, 1.807) is 7.11 Å². The Balaban J connectivity index is 0.00000312. The molecule has 1 aromatic rings. The number of nitrogens with zero attached hydrogens (tertiary/aromatic N) is 1. The van der Waals surface area contributed by atoms with Crippen molar-refractivity contribution >= 4 is 24.4 Å². The fourth-order valence-electron chi connectivity index (χ4n) is 2.58. The summed E-state index contributed by atoms with van der Waals surface area (Å²) in [6.07, 6.45) is 3.94. The van der Waals surface area contributed by atoms with Crippen molar-refractivity contribution < 1.29 is 14.3 Å². The van der Waals surface area contributed by atoms with Crippen LogP contribution in [0.15, 0.2) is 24.3 Å². The second kappa shape index (κ2) is 11.7. The summed E-state index contributed by atoms with van der Waals surface area (Å²) < 4.78 is 10.9. The third-order valence-electron chi connectivity index (χ3n) is 3.87. The Labute approximate surface area is 156 Å². The highest BCUT2D eigenvalue weighted by Crippen LogP contribution is 2.28. The molecule has 1 aliphatic rings. The van der Waals surface area contributed by atoms with Crippen molar-refractivity contribution in [3.63, 3.8) is 0 Å². The molecule has 1 saturated heterocycles. The van der Waals surface area contributed by atoms with Gasteiger partial charge in [-0.3, -0.25) is 9.69 Å². The summed E-state index contributed by atoms with van der Waals surface area (Å²) >= 11 is 0. The Morgan fingerprint density at radius 2 is 2.08 bits per heavy atom. The molecule has 6 nitrogen and oxygen atoms in total. The molecule has 1 heterocycles. The lowest BCUT2D eigenvalue weighted by molar-refractivity contribution is -0.123. The first kappa shape index (κ1) is 21.3. The third-order valence-corrected chi connectivity index (χ3v) is 3.87. The Kier molecular flexibility index (Phi) is 9.99. The van der Waals surface area contributed by atoms with E-state index in [4.69, 9.17) is 9.47 Å². The van der Waals surface area contributed by atoms with Gasteiger partial charge in [0.05, 0.1) is 7.11 Å². The van der Waals surface area contributed by atoms with Crippen molar-refractivity contribution in [3.05, 3.63) is 29.8 Å². The van der Waals surface area contributed by atoms with Gasteiger partial charge in [0.2, 0.25) is 0 Å². The zero-order chi connectivity index (χ0) is 17.2. The highest BCUT2D eigenvalue weighted by atomic mass is 35.5. The standard InChI is InChI=1S/C18H27N3O3.ClH/c1-3-4-15-5-6-16(17(13-15)23-2)24-14-18(22)20-9-12-21-10-7-19-8-11-21;/h3-6,13,19H,7-12,14H2,1-2H3,(H,20,22);1H/b4-3+;. The first-order valence-electron chi connectivity index (χ1n) is 8.36. The van der Waals surface area contributed by atoms with Crippen LogP contribution in [0, 0.1) is 0 Å². The van der Waals surface area contributed by atoms with Gasteiger partial charge in [0.1, 0.15) is 0 Å². The highest BCUT2D eigenvalue weighted by Gasteiger charge is 2.11. The van der Waals surface area contributed by atoms with E-state index in [0.717, 1.165) is 38.3 Å². The van der Waals surface area contributed by atoms with Crippen LogP contribution in [0.2, 0.25) is 0 Å². The number of carbonyl (C=O) groups is 1. The fraction of sp³-hybridized carbons (Fsp3) is 0.500. The molecule has 0 aliphatic carbocycles. The predicted molar refractivity (Wildman–Crippen MR) is 103 cm³/mol. The van der Waals surface area contributed by atoms with Gasteiger partial charge in [-0.25, -0.2) is 0 Å². The molecule has 140 valence electrons. The molecule has 0 spiro atoms. The van der Waals surface area contributed by atoms with Crippen molar-refractivity contribution in [2.75, 3.05) is 53.0 Å². The van der Waals surface area contributed by atoms with E-state index >= 15 is 0 Å². The van der Waals surface area contributed by atoms with Crippen molar-refractivity contribution in [1.29, 1.82) is 0 Å². The number of halogens is 1. The molecule has 0 unspecified atom stereocenters. The largest absolute Gasteiger partial charge is 0.493 e. The second-order valence-electron chi connectivity index (χ2n) is 5.64. The zero-order valence-corrected chi connectivity index (χ0v) is 15.7. The minimum absolute atomic E-state index is 0. The van der Waals surface area contributed by atoms with Crippen molar-refractivity contribution in [2.24, 2.45) is 0 Å². The lowest BCUT2D eigenvalue weighted by Gasteiger charge is -2.27. The van der Waals surface area contributed by atoms with Crippen LogP contribution in [-0.4, -0.2) is 63.8 Å². The summed E-state index contributed by atoms with van der Waals surface area (Å²) in [5, 5.41) is 6.20. The average molecular weight is 370 g/mol. The molecular weight excluding hydrogens is 342 g/mol. The molecule has 2 N–H and O–H groups in total. The van der Waals surface area contributed by atoms with Gasteiger partial charge in [0.15, 0.2) is 18.1 Å². The van der Waals surface area contributed by atoms with E-state index in [-0.39, 0.29) is 24.9 Å². The molecule has 0 atom stereocenters. The first-order valence-corrected chi connectivity index (χ1v) is 8.36. The Morgan fingerprint density at radius 3 is 2.76 bits per heavy atom. The molecule has 1 amide bonds. The van der Waals surface area contributed by atoms with Gasteiger partial charge >= 0.3 is 0 Å². The summed E-state index contributed by atoms with van der Waals surface area (Å²) in [6, 6.07) is 5.64. The van der Waals surface area contributed by atoms with Crippen LogP contribution in [0.1, 0.15) is 12.5 Å². The van der Waals surface area contributed by atoms with Gasteiger partial charge in [-0.15, -0.1) is 12.4 Å². The maximum absolute atomic E-state index is 11.9. The number of amides is 1. The number of allylic oxidation sites excluding steroid dienone is 1. The summed E-state index contributed by atoms with van der Waals surface area (Å²) in [7, 11) is 1.59. The van der Waals surface area contributed by atoms with Gasteiger partial charge in [0.25, 0.3) is 5.91 Å². The Hall–Kier alpha value is -1.76. The quantitative estimate of drug-likeness (QED) is 0.728. The van der Waals surface area contributed by atoms with Crippen molar-refractivity contribution in [3.8, 4) is 11.5 Å². The first-order chi connectivity index (χ1) is 11.7. The van der Waals surface area contributed by atoms with Gasteiger partial charge in [0, 0.05) is 39.3 Å². The molecule has 1 aliphatic heterocycles. The van der Waals surface area contributed by atoms with Crippen molar-refractivity contribution in [1.82, 2.24) is 15.5 Å². The predicted octanol–water partition coefficient (Wildman–Crippen LogP) is 1.55. The second-order valence-corrected chi connectivity index (χ2v) is 5.64.